The van der Waals surface area contributed by atoms with Crippen molar-refractivity contribution in [1.29, 1.82) is 10.5 Å². The lowest BCUT2D eigenvalue weighted by Crippen LogP contribution is -2.28. The molecule has 1 aliphatic heterocycles. The lowest BCUT2D eigenvalue weighted by atomic mass is 10.1. The smallest absolute Gasteiger partial charge is 0.164 e. The van der Waals surface area contributed by atoms with E-state index in [9.17, 15) is 20.0 Å². The summed E-state index contributed by atoms with van der Waals surface area (Å²) >= 11 is 2.73. The Morgan fingerprint density at radius 2 is 1.49 bits per heavy atom. The zero-order valence-electron chi connectivity index (χ0n) is 21.5. The lowest BCUT2D eigenvalue weighted by molar-refractivity contribution is 0.228. The zero-order valence-corrected chi connectivity index (χ0v) is 23.1. The molecule has 198 valence electrons. The molecule has 1 atom stereocenters. The number of para-hydroxylation sites is 2. The van der Waals surface area contributed by atoms with Gasteiger partial charge in [0.2, 0.25) is 0 Å². The highest BCUT2D eigenvalue weighted by Crippen LogP contribution is 2.48. The van der Waals surface area contributed by atoms with E-state index in [2.05, 4.69) is 4.90 Å². The first-order valence-electron chi connectivity index (χ1n) is 12.7. The Hall–Kier alpha value is -4.86. The second kappa shape index (κ2) is 11.3. The van der Waals surface area contributed by atoms with Crippen LogP contribution in [0.1, 0.15) is 4.88 Å². The molecule has 1 aliphatic rings. The number of fused-ring (bicyclic) bond motifs is 1. The number of halogens is 1. The molecule has 2 heterocycles. The number of nitrogens with zero attached hydrogens (tertiary/aromatic N) is 4. The number of aliphatic hydroxyl groups is 1. The molecule has 8 heteroatoms. The van der Waals surface area contributed by atoms with E-state index in [1.54, 1.807) is 17.0 Å². The van der Waals surface area contributed by atoms with E-state index in [0.717, 1.165) is 26.6 Å². The van der Waals surface area contributed by atoms with Crippen molar-refractivity contribution in [2.45, 2.75) is 6.23 Å². The number of thiophene rings is 1. The summed E-state index contributed by atoms with van der Waals surface area (Å²) in [7, 11) is 0. The number of hydrogen-bond acceptors (Lipinski definition) is 7. The van der Waals surface area contributed by atoms with Crippen molar-refractivity contribution in [2.24, 2.45) is 0 Å². The van der Waals surface area contributed by atoms with Crippen molar-refractivity contribution in [1.82, 2.24) is 0 Å². The highest BCUT2D eigenvalue weighted by molar-refractivity contribution is 8.07. The molecule has 6 rings (SSSR count). The molecule has 1 fully saturated rings. The normalized spacial score (nSPS) is 15.6. The van der Waals surface area contributed by atoms with Crippen LogP contribution in [0.2, 0.25) is 0 Å². The van der Waals surface area contributed by atoms with Gasteiger partial charge in [-0.25, -0.2) is 4.39 Å². The molecule has 0 bridgehead atoms. The zero-order chi connectivity index (χ0) is 28.3. The molecular formula is C33H21FN4OS2. The summed E-state index contributed by atoms with van der Waals surface area (Å²) in [5.41, 5.74) is 2.39. The third-order valence-electron chi connectivity index (χ3n) is 6.62. The van der Waals surface area contributed by atoms with Crippen molar-refractivity contribution in [3.8, 4) is 12.1 Å². The molecule has 1 aromatic heterocycles. The minimum absolute atomic E-state index is 0.0633. The van der Waals surface area contributed by atoms with Gasteiger partial charge < -0.3 is 14.9 Å². The van der Waals surface area contributed by atoms with E-state index >= 15 is 0 Å². The fourth-order valence-electron chi connectivity index (χ4n) is 4.78. The van der Waals surface area contributed by atoms with Crippen molar-refractivity contribution >= 4 is 62.0 Å². The Morgan fingerprint density at radius 1 is 0.829 bits per heavy atom. The van der Waals surface area contributed by atoms with E-state index in [-0.39, 0.29) is 11.4 Å². The van der Waals surface area contributed by atoms with E-state index in [1.165, 1.54) is 29.2 Å². The molecule has 0 radical (unpaired) electrons. The van der Waals surface area contributed by atoms with Crippen molar-refractivity contribution < 1.29 is 9.50 Å². The van der Waals surface area contributed by atoms with E-state index in [0.29, 0.717) is 21.0 Å². The third kappa shape index (κ3) is 4.97. The Morgan fingerprint density at radius 3 is 2.20 bits per heavy atom. The van der Waals surface area contributed by atoms with Crippen LogP contribution in [-0.2, 0) is 0 Å². The van der Waals surface area contributed by atoms with Gasteiger partial charge in [-0.15, -0.1) is 11.3 Å². The maximum Gasteiger partial charge on any atom is 0.164 e. The first-order chi connectivity index (χ1) is 20.1. The molecule has 5 nitrogen and oxygen atoms in total. The quantitative estimate of drug-likeness (QED) is 0.212. The van der Waals surface area contributed by atoms with E-state index < -0.39 is 6.23 Å². The Labute approximate surface area is 244 Å². The molecule has 0 aliphatic carbocycles. The molecule has 1 N–H and O–H groups in total. The molecule has 1 saturated heterocycles. The molecule has 0 spiro atoms. The average molecular weight is 573 g/mol. The van der Waals surface area contributed by atoms with Gasteiger partial charge in [-0.1, -0.05) is 72.4 Å². The number of hydrogen-bond donors (Lipinski definition) is 1. The molecule has 5 aromatic rings. The minimum Gasteiger partial charge on any atom is -0.368 e. The SMILES string of the molecule is N#CC(C#N)=C1S/C(=C\c2ccc(N(c3ccccc3)c3ccc(F)c4ccccc34)s2)C(O)N1c1ccccc1. The first kappa shape index (κ1) is 26.4. The van der Waals surface area contributed by atoms with Crippen LogP contribution in [-0.4, -0.2) is 11.3 Å². The standard InChI is InChI=1S/C33H21FN4OS2/c34-28-16-17-29(27-14-8-7-13-26(27)28)37(23-9-3-1-4-10-23)31-18-15-25(40-31)19-30-32(39)38(24-11-5-2-6-12-24)33(41-30)22(20-35)21-36/h1-19,32,39H/b30-19-. The molecular weight excluding hydrogens is 552 g/mol. The van der Waals surface area contributed by atoms with Crippen LogP contribution in [0.4, 0.5) is 26.5 Å². The van der Waals surface area contributed by atoms with Crippen LogP contribution in [0.15, 0.2) is 125 Å². The second-order valence-electron chi connectivity index (χ2n) is 9.09. The Bertz CT molecular complexity index is 1870. The van der Waals surface area contributed by atoms with Crippen LogP contribution in [0, 0.1) is 28.5 Å². The number of allylic oxidation sites excluding steroid dienone is 1. The van der Waals surface area contributed by atoms with Gasteiger partial charge in [0.1, 0.15) is 28.0 Å². The minimum atomic E-state index is -1.06. The number of nitriles is 2. The fourth-order valence-corrected chi connectivity index (χ4v) is 6.96. The summed E-state index contributed by atoms with van der Waals surface area (Å²) in [6.07, 6.45) is 0.816. The van der Waals surface area contributed by atoms with Gasteiger partial charge in [0, 0.05) is 31.9 Å². The number of aliphatic hydroxyl groups excluding tert-OH is 1. The third-order valence-corrected chi connectivity index (χ3v) is 8.80. The van der Waals surface area contributed by atoms with Gasteiger partial charge >= 0.3 is 0 Å². The summed E-state index contributed by atoms with van der Waals surface area (Å²) in [6.45, 7) is 0. The van der Waals surface area contributed by atoms with Gasteiger partial charge in [-0.3, -0.25) is 0 Å². The molecule has 0 amide bonds. The van der Waals surface area contributed by atoms with Crippen LogP contribution < -0.4 is 9.80 Å². The van der Waals surface area contributed by atoms with E-state index in [4.69, 9.17) is 0 Å². The summed E-state index contributed by atoms with van der Waals surface area (Å²) in [5, 5.41) is 33.1. The monoisotopic (exact) mass is 572 g/mol. The number of rotatable bonds is 5. The highest BCUT2D eigenvalue weighted by atomic mass is 32.2. The predicted molar refractivity (Wildman–Crippen MR) is 165 cm³/mol. The summed E-state index contributed by atoms with van der Waals surface area (Å²) in [6, 6.07) is 37.7. The van der Waals surface area contributed by atoms with Gasteiger partial charge in [0.15, 0.2) is 11.8 Å². The van der Waals surface area contributed by atoms with Crippen molar-refractivity contribution in [3.05, 3.63) is 135 Å². The lowest BCUT2D eigenvalue weighted by Gasteiger charge is -2.25. The van der Waals surface area contributed by atoms with Crippen molar-refractivity contribution in [2.75, 3.05) is 9.80 Å². The Kier molecular flexibility index (Phi) is 7.28. The van der Waals surface area contributed by atoms with E-state index in [1.807, 2.05) is 109 Å². The van der Waals surface area contributed by atoms with Crippen LogP contribution in [0.5, 0.6) is 0 Å². The summed E-state index contributed by atoms with van der Waals surface area (Å²) < 4.78 is 14.7. The molecule has 41 heavy (non-hydrogen) atoms. The van der Waals surface area contributed by atoms with Gasteiger partial charge in [0.25, 0.3) is 0 Å². The largest absolute Gasteiger partial charge is 0.368 e. The molecule has 0 saturated carbocycles. The average Bonchev–Trinajstić information content (AvgIpc) is 3.60. The number of thioether (sulfide) groups is 1. The maximum absolute atomic E-state index is 14.7. The Balaban J connectivity index is 1.43. The number of anilines is 4. The first-order valence-corrected chi connectivity index (χ1v) is 14.3. The molecule has 1 unspecified atom stereocenters. The predicted octanol–water partition coefficient (Wildman–Crippen LogP) is 8.68. The van der Waals surface area contributed by atoms with Crippen LogP contribution in [0.25, 0.3) is 16.8 Å². The summed E-state index contributed by atoms with van der Waals surface area (Å²) in [4.78, 5) is 5.17. The van der Waals surface area contributed by atoms with Gasteiger partial charge in [-0.2, -0.15) is 10.5 Å². The van der Waals surface area contributed by atoms with Crippen LogP contribution >= 0.6 is 23.1 Å². The fraction of sp³-hybridized carbons (Fsp3) is 0.0303. The molecule has 4 aromatic carbocycles. The van der Waals surface area contributed by atoms with Gasteiger partial charge in [-0.05, 0) is 54.6 Å². The topological polar surface area (TPSA) is 74.3 Å². The number of benzene rings is 4. The van der Waals surface area contributed by atoms with Crippen molar-refractivity contribution in [3.63, 3.8) is 0 Å². The maximum atomic E-state index is 14.7. The summed E-state index contributed by atoms with van der Waals surface area (Å²) in [5.74, 6) is -0.276. The second-order valence-corrected chi connectivity index (χ2v) is 11.2. The van der Waals surface area contributed by atoms with Crippen LogP contribution in [0.3, 0.4) is 0 Å². The highest BCUT2D eigenvalue weighted by Gasteiger charge is 2.35. The van der Waals surface area contributed by atoms with Gasteiger partial charge in [0.05, 0.1) is 5.69 Å².